The quantitative estimate of drug-likeness (QED) is 0.717. The molecule has 0 saturated heterocycles. The molecule has 3 aromatic rings. The fraction of sp³-hybridized carbons (Fsp3) is 0.125. The normalized spacial score (nSPS) is 12.8. The molecule has 0 spiro atoms. The molecule has 0 aliphatic rings. The fourth-order valence-electron chi connectivity index (χ4n) is 2.39. The first kappa shape index (κ1) is 14.4. The highest BCUT2D eigenvalue weighted by Gasteiger charge is 2.18. The van der Waals surface area contributed by atoms with Crippen LogP contribution in [-0.4, -0.2) is 7.05 Å². The molecule has 0 bridgehead atoms. The zero-order valence-corrected chi connectivity index (χ0v) is 12.7. The molecule has 0 radical (unpaired) electrons. The number of hydrogen-bond acceptors (Lipinski definition) is 2. The van der Waals surface area contributed by atoms with E-state index in [1.165, 1.54) is 12.1 Å². The van der Waals surface area contributed by atoms with Crippen LogP contribution in [0.1, 0.15) is 17.4 Å². The lowest BCUT2D eigenvalue weighted by Gasteiger charge is -2.14. The number of hydrogen-bond donors (Lipinski definition) is 1. The van der Waals surface area contributed by atoms with Gasteiger partial charge in [0.15, 0.2) is 0 Å². The van der Waals surface area contributed by atoms with E-state index in [1.54, 1.807) is 12.1 Å². The van der Waals surface area contributed by atoms with Gasteiger partial charge in [0.25, 0.3) is 0 Å². The highest BCUT2D eigenvalue weighted by molar-refractivity contribution is 6.34. The van der Waals surface area contributed by atoms with Gasteiger partial charge in [-0.1, -0.05) is 23.2 Å². The number of benzene rings is 2. The summed E-state index contributed by atoms with van der Waals surface area (Å²) in [6.45, 7) is 0. The van der Waals surface area contributed by atoms with E-state index in [1.807, 2.05) is 25.2 Å². The van der Waals surface area contributed by atoms with Crippen LogP contribution in [0.25, 0.3) is 11.0 Å². The van der Waals surface area contributed by atoms with Crippen molar-refractivity contribution in [1.29, 1.82) is 0 Å². The largest absolute Gasteiger partial charge is 0.459 e. The number of furan rings is 1. The first-order valence-corrected chi connectivity index (χ1v) is 7.14. The first-order valence-electron chi connectivity index (χ1n) is 6.39. The molecule has 0 aliphatic heterocycles. The SMILES string of the molecule is CNC(c1cc(Cl)cc(Cl)c1)c1cc2cc(F)ccc2o1. The van der Waals surface area contributed by atoms with Crippen LogP contribution in [0.3, 0.4) is 0 Å². The predicted molar refractivity (Wildman–Crippen MR) is 83.5 cm³/mol. The van der Waals surface area contributed by atoms with Gasteiger partial charge < -0.3 is 9.73 Å². The van der Waals surface area contributed by atoms with E-state index in [4.69, 9.17) is 27.6 Å². The Bertz CT molecular complexity index is 780. The fourth-order valence-corrected chi connectivity index (χ4v) is 2.93. The van der Waals surface area contributed by atoms with Gasteiger partial charge in [0.2, 0.25) is 0 Å². The summed E-state index contributed by atoms with van der Waals surface area (Å²) in [7, 11) is 1.81. The van der Waals surface area contributed by atoms with Crippen molar-refractivity contribution in [2.24, 2.45) is 0 Å². The van der Waals surface area contributed by atoms with Gasteiger partial charge >= 0.3 is 0 Å². The maximum absolute atomic E-state index is 13.3. The molecule has 108 valence electrons. The van der Waals surface area contributed by atoms with Gasteiger partial charge in [0.1, 0.15) is 17.2 Å². The lowest BCUT2D eigenvalue weighted by molar-refractivity contribution is 0.491. The van der Waals surface area contributed by atoms with Crippen LogP contribution < -0.4 is 5.32 Å². The Labute approximate surface area is 131 Å². The Morgan fingerprint density at radius 2 is 1.76 bits per heavy atom. The summed E-state index contributed by atoms with van der Waals surface area (Å²) in [5, 5.41) is 4.99. The van der Waals surface area contributed by atoms with Crippen LogP contribution >= 0.6 is 23.2 Å². The van der Waals surface area contributed by atoms with Gasteiger partial charge in [0, 0.05) is 15.4 Å². The summed E-state index contributed by atoms with van der Waals surface area (Å²) in [6, 6.07) is 11.4. The van der Waals surface area contributed by atoms with Crippen molar-refractivity contribution in [2.75, 3.05) is 7.05 Å². The van der Waals surface area contributed by atoms with Crippen LogP contribution in [0.5, 0.6) is 0 Å². The van der Waals surface area contributed by atoms with Gasteiger partial charge in [-0.2, -0.15) is 0 Å². The second kappa shape index (κ2) is 5.68. The lowest BCUT2D eigenvalue weighted by atomic mass is 10.0. The smallest absolute Gasteiger partial charge is 0.134 e. The molecule has 0 saturated carbocycles. The standard InChI is InChI=1S/C16H12Cl2FNO/c1-20-16(10-4-11(17)8-12(18)5-10)15-7-9-6-13(19)2-3-14(9)21-15/h2-8,16,20H,1H3. The maximum atomic E-state index is 13.3. The monoisotopic (exact) mass is 323 g/mol. The average Bonchev–Trinajstić information content (AvgIpc) is 2.81. The second-order valence-corrected chi connectivity index (χ2v) is 5.63. The molecular weight excluding hydrogens is 312 g/mol. The summed E-state index contributed by atoms with van der Waals surface area (Å²) < 4.78 is 19.1. The number of nitrogens with one attached hydrogen (secondary N) is 1. The van der Waals surface area contributed by atoms with Crippen LogP contribution in [0.15, 0.2) is 46.9 Å². The Kier molecular flexibility index (Phi) is 3.89. The van der Waals surface area contributed by atoms with Gasteiger partial charge in [-0.3, -0.25) is 0 Å². The van der Waals surface area contributed by atoms with Crippen molar-refractivity contribution in [2.45, 2.75) is 6.04 Å². The summed E-state index contributed by atoms with van der Waals surface area (Å²) in [5.74, 6) is 0.387. The van der Waals surface area contributed by atoms with E-state index < -0.39 is 0 Å². The van der Waals surface area contributed by atoms with E-state index >= 15 is 0 Å². The van der Waals surface area contributed by atoms with Gasteiger partial charge in [-0.05, 0) is 55.1 Å². The van der Waals surface area contributed by atoms with E-state index in [-0.39, 0.29) is 11.9 Å². The molecule has 0 amide bonds. The summed E-state index contributed by atoms with van der Waals surface area (Å²) in [6.07, 6.45) is 0. The van der Waals surface area contributed by atoms with E-state index in [9.17, 15) is 4.39 Å². The van der Waals surface area contributed by atoms with Crippen molar-refractivity contribution in [3.05, 3.63) is 69.7 Å². The second-order valence-electron chi connectivity index (χ2n) is 4.76. The van der Waals surface area contributed by atoms with Crippen LogP contribution in [0, 0.1) is 5.82 Å². The van der Waals surface area contributed by atoms with Crippen molar-refractivity contribution >= 4 is 34.2 Å². The van der Waals surface area contributed by atoms with E-state index in [0.29, 0.717) is 21.4 Å². The minimum absolute atomic E-state index is 0.211. The first-order chi connectivity index (χ1) is 10.1. The van der Waals surface area contributed by atoms with Crippen molar-refractivity contribution in [3.8, 4) is 0 Å². The Morgan fingerprint density at radius 3 is 2.43 bits per heavy atom. The zero-order valence-electron chi connectivity index (χ0n) is 11.2. The molecule has 21 heavy (non-hydrogen) atoms. The van der Waals surface area contributed by atoms with Crippen LogP contribution in [0.2, 0.25) is 10.0 Å². The highest BCUT2D eigenvalue weighted by Crippen LogP contribution is 2.31. The van der Waals surface area contributed by atoms with Gasteiger partial charge in [0.05, 0.1) is 6.04 Å². The van der Waals surface area contributed by atoms with Gasteiger partial charge in [-0.25, -0.2) is 4.39 Å². The Balaban J connectivity index is 2.08. The third-order valence-electron chi connectivity index (χ3n) is 3.29. The van der Waals surface area contributed by atoms with Crippen molar-refractivity contribution in [3.63, 3.8) is 0 Å². The molecular formula is C16H12Cl2FNO. The topological polar surface area (TPSA) is 25.2 Å². The Hall–Kier alpha value is -1.55. The lowest BCUT2D eigenvalue weighted by Crippen LogP contribution is -2.16. The Morgan fingerprint density at radius 1 is 1.05 bits per heavy atom. The number of fused-ring (bicyclic) bond motifs is 1. The molecule has 5 heteroatoms. The third-order valence-corrected chi connectivity index (χ3v) is 3.73. The molecule has 1 N–H and O–H groups in total. The molecule has 1 unspecified atom stereocenters. The zero-order chi connectivity index (χ0) is 15.0. The minimum atomic E-state index is -0.290. The predicted octanol–water partition coefficient (Wildman–Crippen LogP) is 5.19. The number of rotatable bonds is 3. The molecule has 1 atom stereocenters. The highest BCUT2D eigenvalue weighted by atomic mass is 35.5. The van der Waals surface area contributed by atoms with Crippen molar-refractivity contribution in [1.82, 2.24) is 5.32 Å². The van der Waals surface area contributed by atoms with Crippen LogP contribution in [0.4, 0.5) is 4.39 Å². The maximum Gasteiger partial charge on any atom is 0.134 e. The summed E-state index contributed by atoms with van der Waals surface area (Å²) >= 11 is 12.1. The van der Waals surface area contributed by atoms with E-state index in [0.717, 1.165) is 10.9 Å². The molecule has 0 aliphatic carbocycles. The molecule has 2 nitrogen and oxygen atoms in total. The van der Waals surface area contributed by atoms with Crippen molar-refractivity contribution < 1.29 is 8.81 Å². The minimum Gasteiger partial charge on any atom is -0.459 e. The van der Waals surface area contributed by atoms with Crippen LogP contribution in [-0.2, 0) is 0 Å². The summed E-state index contributed by atoms with van der Waals surface area (Å²) in [4.78, 5) is 0. The molecule has 3 rings (SSSR count). The van der Waals surface area contributed by atoms with E-state index in [2.05, 4.69) is 5.32 Å². The summed E-state index contributed by atoms with van der Waals surface area (Å²) in [5.41, 5.74) is 1.52. The third kappa shape index (κ3) is 2.91. The molecule has 0 fully saturated rings. The molecule has 1 aromatic heterocycles. The average molecular weight is 324 g/mol. The molecule has 1 heterocycles. The van der Waals surface area contributed by atoms with Gasteiger partial charge in [-0.15, -0.1) is 0 Å². The number of halogens is 3. The molecule has 2 aromatic carbocycles.